The summed E-state index contributed by atoms with van der Waals surface area (Å²) in [6, 6.07) is 16.4. The van der Waals surface area contributed by atoms with Crippen molar-refractivity contribution in [3.63, 3.8) is 0 Å². The Labute approximate surface area is 236 Å². The van der Waals surface area contributed by atoms with Crippen LogP contribution < -0.4 is 4.74 Å². The van der Waals surface area contributed by atoms with Gasteiger partial charge in [-0.3, -0.25) is 4.68 Å². The van der Waals surface area contributed by atoms with Crippen LogP contribution in [0.15, 0.2) is 98.6 Å². The van der Waals surface area contributed by atoms with Crippen molar-refractivity contribution < 1.29 is 13.5 Å². The number of allylic oxidation sites excluding steroid dienone is 3. The third kappa shape index (κ3) is 7.22. The van der Waals surface area contributed by atoms with Gasteiger partial charge in [-0.15, -0.1) is 6.58 Å². The van der Waals surface area contributed by atoms with Crippen molar-refractivity contribution in [2.24, 2.45) is 0 Å². The molecule has 39 heavy (non-hydrogen) atoms. The van der Waals surface area contributed by atoms with E-state index in [1.165, 1.54) is 18.5 Å². The van der Waals surface area contributed by atoms with E-state index in [2.05, 4.69) is 23.2 Å². The molecule has 1 aromatic heterocycles. The number of rotatable bonds is 12. The predicted octanol–water partition coefficient (Wildman–Crippen LogP) is 8.57. The Balaban J connectivity index is 1.54. The van der Waals surface area contributed by atoms with Crippen molar-refractivity contribution in [2.45, 2.75) is 24.8 Å². The summed E-state index contributed by atoms with van der Waals surface area (Å²) < 4.78 is 36.7. The summed E-state index contributed by atoms with van der Waals surface area (Å²) in [5.41, 5.74) is 2.00. The molecule has 3 aromatic carbocycles. The first-order valence-electron chi connectivity index (χ1n) is 12.2. The van der Waals surface area contributed by atoms with E-state index in [0.29, 0.717) is 34.2 Å². The van der Waals surface area contributed by atoms with Gasteiger partial charge in [0.1, 0.15) is 30.0 Å². The van der Waals surface area contributed by atoms with Crippen LogP contribution in [0.5, 0.6) is 5.75 Å². The first-order chi connectivity index (χ1) is 18.8. The molecule has 1 unspecified atom stereocenters. The Morgan fingerprint density at radius 2 is 1.85 bits per heavy atom. The molecule has 0 fully saturated rings. The smallest absolute Gasteiger partial charge is 0.137 e. The lowest BCUT2D eigenvalue weighted by Gasteiger charge is -2.34. The maximum absolute atomic E-state index is 15.1. The number of halogens is 4. The van der Waals surface area contributed by atoms with Crippen molar-refractivity contribution in [1.82, 2.24) is 14.8 Å². The lowest BCUT2D eigenvalue weighted by molar-refractivity contribution is 0.175. The van der Waals surface area contributed by atoms with Gasteiger partial charge < -0.3 is 4.74 Å². The van der Waals surface area contributed by atoms with E-state index < -0.39 is 17.0 Å². The second-order valence-corrected chi connectivity index (χ2v) is 10.0. The zero-order chi connectivity index (χ0) is 27.8. The minimum atomic E-state index is -0.859. The van der Waals surface area contributed by atoms with E-state index in [1.54, 1.807) is 29.2 Å². The highest BCUT2D eigenvalue weighted by molar-refractivity contribution is 6.35. The molecule has 0 saturated heterocycles. The number of hydrogen-bond donors (Lipinski definition) is 0. The lowest BCUT2D eigenvalue weighted by atomic mass is 9.76. The molecular weight excluding hydrogens is 539 g/mol. The molecule has 0 saturated carbocycles. The average molecular weight is 566 g/mol. The molecule has 4 nitrogen and oxygen atoms in total. The summed E-state index contributed by atoms with van der Waals surface area (Å²) in [7, 11) is 0. The minimum Gasteiger partial charge on any atom is -0.493 e. The zero-order valence-electron chi connectivity index (χ0n) is 21.2. The number of nitrogens with zero attached hydrogens (tertiary/aromatic N) is 3. The lowest BCUT2D eigenvalue weighted by Crippen LogP contribution is -2.39. The molecule has 8 heteroatoms. The molecule has 0 radical (unpaired) electrons. The molecule has 0 aliphatic heterocycles. The van der Waals surface area contributed by atoms with Crippen LogP contribution in [0.1, 0.15) is 29.5 Å². The van der Waals surface area contributed by atoms with Crippen LogP contribution in [0.4, 0.5) is 8.78 Å². The highest BCUT2D eigenvalue weighted by atomic mass is 35.5. The van der Waals surface area contributed by atoms with Gasteiger partial charge in [0.05, 0.1) is 18.6 Å². The third-order valence-corrected chi connectivity index (χ3v) is 6.99. The fourth-order valence-corrected chi connectivity index (χ4v) is 4.80. The molecule has 4 rings (SSSR count). The van der Waals surface area contributed by atoms with E-state index in [-0.39, 0.29) is 13.2 Å². The Kier molecular flexibility index (Phi) is 9.33. The maximum Gasteiger partial charge on any atom is 0.137 e. The molecule has 200 valence electrons. The topological polar surface area (TPSA) is 39.9 Å². The van der Waals surface area contributed by atoms with Crippen molar-refractivity contribution in [2.75, 3.05) is 6.61 Å². The van der Waals surface area contributed by atoms with Crippen molar-refractivity contribution in [3.05, 3.63) is 137 Å². The average Bonchev–Trinajstić information content (AvgIpc) is 3.43. The Morgan fingerprint density at radius 3 is 2.51 bits per heavy atom. The molecular formula is C31H27Cl2F2N3O. The summed E-state index contributed by atoms with van der Waals surface area (Å²) in [5.74, 6) is -0.680. The van der Waals surface area contributed by atoms with Gasteiger partial charge in [0.15, 0.2) is 0 Å². The van der Waals surface area contributed by atoms with E-state index >= 15 is 4.39 Å². The van der Waals surface area contributed by atoms with Gasteiger partial charge >= 0.3 is 0 Å². The number of ether oxygens (including phenoxy) is 1. The molecule has 4 aromatic rings. The van der Waals surface area contributed by atoms with Gasteiger partial charge in [0, 0.05) is 16.1 Å². The minimum absolute atomic E-state index is 0.124. The molecule has 0 N–H and O–H groups in total. The predicted molar refractivity (Wildman–Crippen MR) is 154 cm³/mol. The van der Waals surface area contributed by atoms with Gasteiger partial charge in [-0.2, -0.15) is 5.10 Å². The van der Waals surface area contributed by atoms with Crippen LogP contribution in [-0.4, -0.2) is 21.4 Å². The van der Waals surface area contributed by atoms with Crippen LogP contribution >= 0.6 is 23.2 Å². The van der Waals surface area contributed by atoms with E-state index in [9.17, 15) is 4.39 Å². The SMILES string of the molecule is C=CCCC(COc1ccc(C(=C)/C=C/c2ccc(Cl)cc2Cl)cc1)(Cn1cncn1)c1ccc(F)cc1F. The molecule has 1 heterocycles. The van der Waals surface area contributed by atoms with Crippen molar-refractivity contribution in [1.29, 1.82) is 0 Å². The summed E-state index contributed by atoms with van der Waals surface area (Å²) in [6.45, 7) is 8.37. The van der Waals surface area contributed by atoms with Crippen LogP contribution in [0.3, 0.4) is 0 Å². The largest absolute Gasteiger partial charge is 0.493 e. The van der Waals surface area contributed by atoms with Gasteiger partial charge in [-0.05, 0) is 65.4 Å². The summed E-state index contributed by atoms with van der Waals surface area (Å²) in [6.07, 6.45) is 9.60. The summed E-state index contributed by atoms with van der Waals surface area (Å²) >= 11 is 12.2. The quantitative estimate of drug-likeness (QED) is 0.127. The second-order valence-electron chi connectivity index (χ2n) is 9.16. The van der Waals surface area contributed by atoms with E-state index in [0.717, 1.165) is 22.8 Å². The van der Waals surface area contributed by atoms with Crippen LogP contribution in [0, 0.1) is 11.6 Å². The highest BCUT2D eigenvalue weighted by Gasteiger charge is 2.36. The summed E-state index contributed by atoms with van der Waals surface area (Å²) in [5, 5.41) is 5.34. The van der Waals surface area contributed by atoms with Crippen molar-refractivity contribution in [3.8, 4) is 5.75 Å². The monoisotopic (exact) mass is 565 g/mol. The fourth-order valence-electron chi connectivity index (χ4n) is 4.33. The molecule has 0 bridgehead atoms. The Hall–Kier alpha value is -3.74. The summed E-state index contributed by atoms with van der Waals surface area (Å²) in [4.78, 5) is 4.01. The standard InChI is InChI=1S/C31H27Cl2F2N3O/c1-3-4-15-31(18-38-21-36-20-37-38,28-14-11-26(34)17-30(28)35)19-39-27-12-8-23(9-13-27)22(2)5-6-24-7-10-25(32)16-29(24)33/h3,5-14,16-17,20-21H,1-2,4,15,18-19H2/b6-5+. The van der Waals surface area contributed by atoms with Crippen LogP contribution in [0.2, 0.25) is 10.0 Å². The molecule has 1 atom stereocenters. The number of benzene rings is 3. The highest BCUT2D eigenvalue weighted by Crippen LogP contribution is 2.35. The van der Waals surface area contributed by atoms with E-state index in [4.69, 9.17) is 27.9 Å². The van der Waals surface area contributed by atoms with Gasteiger partial charge in [-0.25, -0.2) is 13.8 Å². The first kappa shape index (κ1) is 28.3. The van der Waals surface area contributed by atoms with Crippen LogP contribution in [-0.2, 0) is 12.0 Å². The second kappa shape index (κ2) is 12.9. The van der Waals surface area contributed by atoms with Crippen LogP contribution in [0.25, 0.3) is 11.6 Å². The van der Waals surface area contributed by atoms with E-state index in [1.807, 2.05) is 42.5 Å². The molecule has 0 spiro atoms. The number of aromatic nitrogens is 3. The number of hydrogen-bond acceptors (Lipinski definition) is 3. The fraction of sp³-hybridized carbons (Fsp3) is 0.161. The maximum atomic E-state index is 15.1. The first-order valence-corrected chi connectivity index (χ1v) is 13.0. The molecule has 0 amide bonds. The van der Waals surface area contributed by atoms with Gasteiger partial charge in [0.25, 0.3) is 0 Å². The Morgan fingerprint density at radius 1 is 1.05 bits per heavy atom. The molecule has 0 aliphatic rings. The third-order valence-electron chi connectivity index (χ3n) is 6.43. The van der Waals surface area contributed by atoms with Gasteiger partial charge in [0.2, 0.25) is 0 Å². The Bertz CT molecular complexity index is 1470. The normalized spacial score (nSPS) is 12.8. The molecule has 0 aliphatic carbocycles. The van der Waals surface area contributed by atoms with Crippen molar-refractivity contribution >= 4 is 34.9 Å². The van der Waals surface area contributed by atoms with Gasteiger partial charge in [-0.1, -0.05) is 72.3 Å². The zero-order valence-corrected chi connectivity index (χ0v) is 22.7.